The van der Waals surface area contributed by atoms with Gasteiger partial charge in [0, 0.05) is 12.6 Å². The van der Waals surface area contributed by atoms with Gasteiger partial charge in [0.2, 0.25) is 0 Å². The third kappa shape index (κ3) is 3.18. The number of nitrogens with zero attached hydrogens (tertiary/aromatic N) is 1. The molecule has 1 aromatic carbocycles. The number of rotatable bonds is 3. The van der Waals surface area contributed by atoms with Crippen LogP contribution < -0.4 is 5.73 Å². The Morgan fingerprint density at radius 1 is 1.33 bits per heavy atom. The number of benzene rings is 1. The average molecular weight is 267 g/mol. The fraction of sp³-hybridized carbons (Fsp3) is 0.600. The van der Waals surface area contributed by atoms with Crippen LogP contribution in [0.4, 0.5) is 5.69 Å². The van der Waals surface area contributed by atoms with Crippen molar-refractivity contribution in [1.82, 2.24) is 4.90 Å². The molecule has 1 aliphatic rings. The van der Waals surface area contributed by atoms with Crippen LogP contribution >= 0.6 is 11.6 Å². The molecule has 1 fully saturated rings. The highest BCUT2D eigenvalue weighted by Crippen LogP contribution is 2.28. The zero-order valence-electron chi connectivity index (χ0n) is 11.3. The molecule has 1 aliphatic carbocycles. The van der Waals surface area contributed by atoms with Crippen molar-refractivity contribution in [2.45, 2.75) is 45.2 Å². The van der Waals surface area contributed by atoms with Crippen molar-refractivity contribution < 1.29 is 0 Å². The van der Waals surface area contributed by atoms with Crippen LogP contribution in [0.15, 0.2) is 18.2 Å². The smallest absolute Gasteiger partial charge is 0.0635 e. The first-order valence-electron chi connectivity index (χ1n) is 6.82. The van der Waals surface area contributed by atoms with Gasteiger partial charge in [-0.1, -0.05) is 37.4 Å². The van der Waals surface area contributed by atoms with Gasteiger partial charge in [-0.05, 0) is 43.5 Å². The number of anilines is 1. The van der Waals surface area contributed by atoms with Crippen molar-refractivity contribution in [3.8, 4) is 0 Å². The van der Waals surface area contributed by atoms with E-state index in [9.17, 15) is 0 Å². The van der Waals surface area contributed by atoms with Crippen molar-refractivity contribution in [3.63, 3.8) is 0 Å². The molecule has 0 aliphatic heterocycles. The van der Waals surface area contributed by atoms with E-state index >= 15 is 0 Å². The Hall–Kier alpha value is -0.730. The quantitative estimate of drug-likeness (QED) is 0.840. The zero-order chi connectivity index (χ0) is 13.1. The Labute approximate surface area is 115 Å². The van der Waals surface area contributed by atoms with Crippen LogP contribution in [0.1, 0.15) is 38.2 Å². The molecule has 2 N–H and O–H groups in total. The molecule has 0 amide bonds. The molecule has 1 aromatic rings. The van der Waals surface area contributed by atoms with Gasteiger partial charge in [-0.25, -0.2) is 0 Å². The molecule has 2 atom stereocenters. The molecule has 18 heavy (non-hydrogen) atoms. The molecular formula is C15H23ClN2. The van der Waals surface area contributed by atoms with Crippen LogP contribution in [-0.2, 0) is 6.54 Å². The summed E-state index contributed by atoms with van der Waals surface area (Å²) in [5, 5.41) is 0.646. The van der Waals surface area contributed by atoms with Gasteiger partial charge in [0.05, 0.1) is 10.7 Å². The highest BCUT2D eigenvalue weighted by Gasteiger charge is 2.24. The Morgan fingerprint density at radius 3 is 2.72 bits per heavy atom. The summed E-state index contributed by atoms with van der Waals surface area (Å²) in [5.74, 6) is 0.799. The molecular weight excluding hydrogens is 244 g/mol. The lowest BCUT2D eigenvalue weighted by molar-refractivity contribution is 0.133. The molecule has 0 bridgehead atoms. The number of hydrogen-bond donors (Lipinski definition) is 1. The molecule has 0 aromatic heterocycles. The fourth-order valence-corrected chi connectivity index (χ4v) is 3.17. The predicted octanol–water partition coefficient (Wildman–Crippen LogP) is 3.93. The minimum absolute atomic E-state index is 0.646. The molecule has 0 spiro atoms. The summed E-state index contributed by atoms with van der Waals surface area (Å²) < 4.78 is 0. The van der Waals surface area contributed by atoms with Crippen molar-refractivity contribution in [3.05, 3.63) is 28.8 Å². The zero-order valence-corrected chi connectivity index (χ0v) is 12.1. The Morgan fingerprint density at radius 2 is 2.06 bits per heavy atom. The Kier molecular flexibility index (Phi) is 4.52. The Balaban J connectivity index is 2.01. The van der Waals surface area contributed by atoms with Gasteiger partial charge in [-0.15, -0.1) is 0 Å². The molecule has 1 saturated carbocycles. The van der Waals surface area contributed by atoms with E-state index in [2.05, 4.69) is 24.9 Å². The van der Waals surface area contributed by atoms with Crippen molar-refractivity contribution in [2.75, 3.05) is 12.8 Å². The molecule has 0 saturated heterocycles. The average Bonchev–Trinajstić information content (AvgIpc) is 2.34. The summed E-state index contributed by atoms with van der Waals surface area (Å²) in [6.45, 7) is 3.33. The number of hydrogen-bond acceptors (Lipinski definition) is 2. The van der Waals surface area contributed by atoms with Gasteiger partial charge in [-0.3, -0.25) is 4.90 Å². The maximum atomic E-state index is 5.95. The van der Waals surface area contributed by atoms with Gasteiger partial charge in [0.25, 0.3) is 0 Å². The summed E-state index contributed by atoms with van der Waals surface area (Å²) in [7, 11) is 2.22. The lowest BCUT2D eigenvalue weighted by Gasteiger charge is -2.36. The third-order valence-corrected chi connectivity index (χ3v) is 4.47. The van der Waals surface area contributed by atoms with Crippen LogP contribution in [0.3, 0.4) is 0 Å². The second-order valence-electron chi connectivity index (χ2n) is 5.60. The maximum absolute atomic E-state index is 5.95. The number of halogens is 1. The third-order valence-electron chi connectivity index (χ3n) is 4.12. The van der Waals surface area contributed by atoms with Crippen LogP contribution in [0.5, 0.6) is 0 Å². The fourth-order valence-electron chi connectivity index (χ4n) is 3.05. The van der Waals surface area contributed by atoms with Crippen molar-refractivity contribution in [1.29, 1.82) is 0 Å². The predicted molar refractivity (Wildman–Crippen MR) is 78.8 cm³/mol. The summed E-state index contributed by atoms with van der Waals surface area (Å²) in [6.07, 6.45) is 5.43. The largest absolute Gasteiger partial charge is 0.398 e. The summed E-state index contributed by atoms with van der Waals surface area (Å²) >= 11 is 5.95. The first kappa shape index (κ1) is 13.7. The number of nitrogen functional groups attached to an aromatic ring is 1. The van der Waals surface area contributed by atoms with E-state index in [1.54, 1.807) is 0 Å². The molecule has 2 nitrogen and oxygen atoms in total. The van der Waals surface area contributed by atoms with Crippen LogP contribution in [0, 0.1) is 5.92 Å². The highest BCUT2D eigenvalue weighted by molar-refractivity contribution is 6.33. The number of nitrogens with two attached hydrogens (primary N) is 1. The Bertz CT molecular complexity index is 405. The van der Waals surface area contributed by atoms with Crippen molar-refractivity contribution in [2.24, 2.45) is 5.92 Å². The van der Waals surface area contributed by atoms with Crippen LogP contribution in [0.25, 0.3) is 0 Å². The van der Waals surface area contributed by atoms with E-state index in [1.165, 1.54) is 31.2 Å². The van der Waals surface area contributed by atoms with Crippen LogP contribution in [0.2, 0.25) is 5.02 Å². The molecule has 2 unspecified atom stereocenters. The molecule has 2 rings (SSSR count). The lowest BCUT2D eigenvalue weighted by atomic mass is 9.85. The highest BCUT2D eigenvalue weighted by atomic mass is 35.5. The second kappa shape index (κ2) is 5.94. The van der Waals surface area contributed by atoms with Gasteiger partial charge in [0.15, 0.2) is 0 Å². The standard InChI is InChI=1S/C15H23ClN2/c1-11-5-3-4-6-15(11)18(2)10-12-7-8-13(16)14(17)9-12/h7-9,11,15H,3-6,10,17H2,1-2H3. The molecule has 100 valence electrons. The lowest BCUT2D eigenvalue weighted by Crippen LogP contribution is -2.38. The minimum Gasteiger partial charge on any atom is -0.398 e. The normalized spacial score (nSPS) is 24.4. The second-order valence-corrected chi connectivity index (χ2v) is 6.01. The van der Waals surface area contributed by atoms with Gasteiger partial charge < -0.3 is 5.73 Å². The first-order valence-corrected chi connectivity index (χ1v) is 7.20. The van der Waals surface area contributed by atoms with E-state index < -0.39 is 0 Å². The monoisotopic (exact) mass is 266 g/mol. The van der Waals surface area contributed by atoms with Crippen molar-refractivity contribution >= 4 is 17.3 Å². The summed E-state index contributed by atoms with van der Waals surface area (Å²) in [6, 6.07) is 6.66. The maximum Gasteiger partial charge on any atom is 0.0635 e. The minimum atomic E-state index is 0.646. The van der Waals surface area contributed by atoms with E-state index in [0.29, 0.717) is 16.8 Å². The molecule has 0 heterocycles. The summed E-state index contributed by atoms with van der Waals surface area (Å²) in [4.78, 5) is 2.46. The van der Waals surface area contributed by atoms with E-state index in [-0.39, 0.29) is 0 Å². The van der Waals surface area contributed by atoms with E-state index in [4.69, 9.17) is 17.3 Å². The van der Waals surface area contributed by atoms with E-state index in [1.807, 2.05) is 12.1 Å². The first-order chi connectivity index (χ1) is 8.58. The van der Waals surface area contributed by atoms with Crippen LogP contribution in [-0.4, -0.2) is 18.0 Å². The van der Waals surface area contributed by atoms with Gasteiger partial charge >= 0.3 is 0 Å². The van der Waals surface area contributed by atoms with Gasteiger partial charge in [0.1, 0.15) is 0 Å². The van der Waals surface area contributed by atoms with Gasteiger partial charge in [-0.2, -0.15) is 0 Å². The SMILES string of the molecule is CC1CCCCC1N(C)Cc1ccc(Cl)c(N)c1. The van der Waals surface area contributed by atoms with E-state index in [0.717, 1.165) is 12.5 Å². The molecule has 3 heteroatoms. The molecule has 0 radical (unpaired) electrons. The summed E-state index contributed by atoms with van der Waals surface area (Å²) in [5.41, 5.74) is 7.78. The topological polar surface area (TPSA) is 29.3 Å².